The fourth-order valence-corrected chi connectivity index (χ4v) is 1.44. The standard InChI is InChI=1S/C11H11F3N4/c1-6(15)9-16-10(18-17-9)7-3-2-4-8(5-7)11(12,13)14/h2-6H,15H2,1H3,(H,16,17,18). The summed E-state index contributed by atoms with van der Waals surface area (Å²) in [4.78, 5) is 4.04. The summed E-state index contributed by atoms with van der Waals surface area (Å²) in [7, 11) is 0. The van der Waals surface area contributed by atoms with Crippen LogP contribution in [0.5, 0.6) is 0 Å². The van der Waals surface area contributed by atoms with E-state index in [0.29, 0.717) is 11.4 Å². The molecule has 4 nitrogen and oxygen atoms in total. The van der Waals surface area contributed by atoms with E-state index in [4.69, 9.17) is 5.73 Å². The van der Waals surface area contributed by atoms with E-state index in [2.05, 4.69) is 15.2 Å². The Kier molecular flexibility index (Phi) is 3.08. The number of rotatable bonds is 2. The monoisotopic (exact) mass is 256 g/mol. The number of hydrogen-bond acceptors (Lipinski definition) is 3. The molecule has 96 valence electrons. The zero-order valence-corrected chi connectivity index (χ0v) is 9.49. The molecule has 0 fully saturated rings. The Morgan fingerprint density at radius 1 is 1.33 bits per heavy atom. The Hall–Kier alpha value is -1.89. The van der Waals surface area contributed by atoms with Crippen molar-refractivity contribution in [3.8, 4) is 11.4 Å². The van der Waals surface area contributed by atoms with Crippen molar-refractivity contribution in [3.63, 3.8) is 0 Å². The summed E-state index contributed by atoms with van der Waals surface area (Å²) < 4.78 is 37.6. The van der Waals surface area contributed by atoms with E-state index in [9.17, 15) is 13.2 Å². The first-order valence-electron chi connectivity index (χ1n) is 5.23. The van der Waals surface area contributed by atoms with Crippen molar-refractivity contribution in [1.29, 1.82) is 0 Å². The van der Waals surface area contributed by atoms with Gasteiger partial charge in [-0.05, 0) is 19.1 Å². The van der Waals surface area contributed by atoms with E-state index < -0.39 is 11.7 Å². The third-order valence-corrected chi connectivity index (χ3v) is 2.38. The van der Waals surface area contributed by atoms with Gasteiger partial charge in [-0.2, -0.15) is 18.3 Å². The number of nitrogens with zero attached hydrogens (tertiary/aromatic N) is 2. The molecule has 1 unspecified atom stereocenters. The maximum atomic E-state index is 12.5. The molecule has 0 aliphatic carbocycles. The van der Waals surface area contributed by atoms with Crippen LogP contribution in [0.25, 0.3) is 11.4 Å². The molecule has 2 rings (SSSR count). The quantitative estimate of drug-likeness (QED) is 0.867. The lowest BCUT2D eigenvalue weighted by molar-refractivity contribution is -0.137. The number of hydrogen-bond donors (Lipinski definition) is 2. The molecule has 2 aromatic rings. The Morgan fingerprint density at radius 2 is 2.06 bits per heavy atom. The first-order valence-corrected chi connectivity index (χ1v) is 5.23. The van der Waals surface area contributed by atoms with Gasteiger partial charge in [-0.1, -0.05) is 12.1 Å². The highest BCUT2D eigenvalue weighted by molar-refractivity contribution is 5.56. The van der Waals surface area contributed by atoms with Crippen LogP contribution >= 0.6 is 0 Å². The van der Waals surface area contributed by atoms with E-state index in [-0.39, 0.29) is 11.9 Å². The lowest BCUT2D eigenvalue weighted by Crippen LogP contribution is -2.06. The molecule has 1 aromatic carbocycles. The van der Waals surface area contributed by atoms with Crippen LogP contribution in [-0.2, 0) is 6.18 Å². The minimum Gasteiger partial charge on any atom is -0.322 e. The van der Waals surface area contributed by atoms with Crippen molar-refractivity contribution >= 4 is 0 Å². The van der Waals surface area contributed by atoms with Crippen molar-refractivity contribution < 1.29 is 13.2 Å². The Balaban J connectivity index is 2.38. The van der Waals surface area contributed by atoms with Gasteiger partial charge in [0, 0.05) is 5.56 Å². The first kappa shape index (κ1) is 12.6. The van der Waals surface area contributed by atoms with Crippen LogP contribution in [0, 0.1) is 0 Å². The van der Waals surface area contributed by atoms with Crippen molar-refractivity contribution in [2.75, 3.05) is 0 Å². The molecule has 0 radical (unpaired) electrons. The lowest BCUT2D eigenvalue weighted by atomic mass is 10.1. The van der Waals surface area contributed by atoms with E-state index in [1.54, 1.807) is 6.92 Å². The van der Waals surface area contributed by atoms with Gasteiger partial charge in [-0.15, -0.1) is 0 Å². The number of H-pyrrole nitrogens is 1. The molecule has 3 N–H and O–H groups in total. The van der Waals surface area contributed by atoms with Gasteiger partial charge in [0.05, 0.1) is 11.6 Å². The first-order chi connectivity index (χ1) is 8.38. The summed E-state index contributed by atoms with van der Waals surface area (Å²) in [5.74, 6) is 0.635. The summed E-state index contributed by atoms with van der Waals surface area (Å²) >= 11 is 0. The average Bonchev–Trinajstić information content (AvgIpc) is 2.77. The van der Waals surface area contributed by atoms with E-state index in [1.165, 1.54) is 12.1 Å². The minimum atomic E-state index is -4.38. The number of alkyl halides is 3. The predicted molar refractivity (Wildman–Crippen MR) is 59.4 cm³/mol. The molecule has 0 aliphatic heterocycles. The highest BCUT2D eigenvalue weighted by atomic mass is 19.4. The summed E-state index contributed by atoms with van der Waals surface area (Å²) in [6.07, 6.45) is -4.38. The van der Waals surface area contributed by atoms with Crippen LogP contribution in [-0.4, -0.2) is 15.2 Å². The number of benzene rings is 1. The number of aromatic amines is 1. The van der Waals surface area contributed by atoms with Crippen molar-refractivity contribution in [2.45, 2.75) is 19.1 Å². The lowest BCUT2D eigenvalue weighted by Gasteiger charge is -2.06. The molecule has 0 saturated heterocycles. The molecule has 0 spiro atoms. The van der Waals surface area contributed by atoms with Gasteiger partial charge in [0.25, 0.3) is 0 Å². The number of halogens is 3. The molecular formula is C11H11F3N4. The highest BCUT2D eigenvalue weighted by Crippen LogP contribution is 2.31. The summed E-state index contributed by atoms with van der Waals surface area (Å²) in [6, 6.07) is 4.50. The van der Waals surface area contributed by atoms with E-state index in [1.807, 2.05) is 0 Å². The average molecular weight is 256 g/mol. The summed E-state index contributed by atoms with van der Waals surface area (Å²) in [6.45, 7) is 1.70. The third kappa shape index (κ3) is 2.51. The molecule has 7 heteroatoms. The van der Waals surface area contributed by atoms with Crippen molar-refractivity contribution in [2.24, 2.45) is 5.73 Å². The highest BCUT2D eigenvalue weighted by Gasteiger charge is 2.30. The predicted octanol–water partition coefficient (Wildman–Crippen LogP) is 2.51. The topological polar surface area (TPSA) is 67.6 Å². The largest absolute Gasteiger partial charge is 0.416 e. The summed E-state index contributed by atoms with van der Waals surface area (Å²) in [5, 5.41) is 6.44. The molecule has 0 amide bonds. The molecule has 1 heterocycles. The van der Waals surface area contributed by atoms with Crippen LogP contribution in [0.2, 0.25) is 0 Å². The Labute approximate surface area is 101 Å². The van der Waals surface area contributed by atoms with E-state index >= 15 is 0 Å². The van der Waals surface area contributed by atoms with Gasteiger partial charge in [0.15, 0.2) is 5.82 Å². The second-order valence-corrected chi connectivity index (χ2v) is 3.91. The normalized spacial score (nSPS) is 13.6. The maximum Gasteiger partial charge on any atom is 0.416 e. The summed E-state index contributed by atoms with van der Waals surface area (Å²) in [5.41, 5.74) is 5.16. The molecule has 1 aromatic heterocycles. The Bertz CT molecular complexity index is 545. The fourth-order valence-electron chi connectivity index (χ4n) is 1.44. The van der Waals surface area contributed by atoms with Crippen molar-refractivity contribution in [1.82, 2.24) is 15.2 Å². The second kappa shape index (κ2) is 4.41. The van der Waals surface area contributed by atoms with Crippen LogP contribution in [0.4, 0.5) is 13.2 Å². The molecule has 18 heavy (non-hydrogen) atoms. The van der Waals surface area contributed by atoms with E-state index in [0.717, 1.165) is 12.1 Å². The molecule has 1 atom stereocenters. The van der Waals surface area contributed by atoms with Gasteiger partial charge >= 0.3 is 6.18 Å². The third-order valence-electron chi connectivity index (χ3n) is 2.38. The van der Waals surface area contributed by atoms with Gasteiger partial charge < -0.3 is 5.73 Å². The molecule has 0 aliphatic rings. The molecular weight excluding hydrogens is 245 g/mol. The Morgan fingerprint density at radius 3 is 2.61 bits per heavy atom. The van der Waals surface area contributed by atoms with Gasteiger partial charge in [0.2, 0.25) is 0 Å². The van der Waals surface area contributed by atoms with Gasteiger partial charge in [0.1, 0.15) is 5.82 Å². The maximum absolute atomic E-state index is 12.5. The number of nitrogens with one attached hydrogen (secondary N) is 1. The van der Waals surface area contributed by atoms with Gasteiger partial charge in [-0.3, -0.25) is 5.10 Å². The van der Waals surface area contributed by atoms with Crippen molar-refractivity contribution in [3.05, 3.63) is 35.7 Å². The number of nitrogens with two attached hydrogens (primary N) is 1. The van der Waals surface area contributed by atoms with Gasteiger partial charge in [-0.25, -0.2) is 4.98 Å². The number of aromatic nitrogens is 3. The smallest absolute Gasteiger partial charge is 0.322 e. The molecule has 0 saturated carbocycles. The van der Waals surface area contributed by atoms with Crippen LogP contribution in [0.1, 0.15) is 24.4 Å². The minimum absolute atomic E-state index is 0.202. The molecule has 0 bridgehead atoms. The van der Waals surface area contributed by atoms with Crippen LogP contribution < -0.4 is 5.73 Å². The van der Waals surface area contributed by atoms with Crippen LogP contribution in [0.3, 0.4) is 0 Å². The zero-order valence-electron chi connectivity index (χ0n) is 9.49. The second-order valence-electron chi connectivity index (χ2n) is 3.91. The fraction of sp³-hybridized carbons (Fsp3) is 0.273. The SMILES string of the molecule is CC(N)c1nc(-c2cccc(C(F)(F)F)c2)n[nH]1. The van der Waals surface area contributed by atoms with Crippen LogP contribution in [0.15, 0.2) is 24.3 Å². The zero-order chi connectivity index (χ0) is 13.3.